The maximum absolute atomic E-state index is 6.86. The van der Waals surface area contributed by atoms with Crippen LogP contribution in [0.2, 0.25) is 0 Å². The van der Waals surface area contributed by atoms with Gasteiger partial charge in [-0.3, -0.25) is 4.99 Å². The Hall–Kier alpha value is -7.07. The molecule has 1 aliphatic carbocycles. The van der Waals surface area contributed by atoms with E-state index >= 15 is 0 Å². The van der Waals surface area contributed by atoms with E-state index in [1.165, 1.54) is 38.9 Å². The molecule has 0 saturated carbocycles. The zero-order valence-electron chi connectivity index (χ0n) is 30.7. The first-order valence-corrected chi connectivity index (χ1v) is 19.1. The van der Waals surface area contributed by atoms with Gasteiger partial charge in [0, 0.05) is 17.3 Å². The Bertz CT molecular complexity index is 2720. The Morgan fingerprint density at radius 2 is 1.00 bits per heavy atom. The third kappa shape index (κ3) is 5.69. The van der Waals surface area contributed by atoms with E-state index in [-0.39, 0.29) is 6.04 Å². The molecule has 1 aliphatic heterocycles. The molecule has 0 amide bonds. The van der Waals surface area contributed by atoms with Gasteiger partial charge in [-0.2, -0.15) is 0 Å². The minimum absolute atomic E-state index is 0.341. The molecule has 2 N–H and O–H groups in total. The Balaban J connectivity index is 1.02. The number of aliphatic imine (C=N–C) groups is 1. The lowest BCUT2D eigenvalue weighted by atomic mass is 9.66. The number of nitrogens with zero attached hydrogens (tertiary/aromatic N) is 1. The summed E-state index contributed by atoms with van der Waals surface area (Å²) in [5.74, 6) is 1.80. The summed E-state index contributed by atoms with van der Waals surface area (Å²) in [7, 11) is 0. The van der Waals surface area contributed by atoms with Crippen molar-refractivity contribution in [2.24, 2.45) is 10.7 Å². The number of ether oxygens (including phenoxy) is 1. The maximum Gasteiger partial charge on any atom is 0.132 e. The molecule has 8 aromatic rings. The molecule has 3 nitrogen and oxygen atoms in total. The van der Waals surface area contributed by atoms with Crippen LogP contribution in [0.25, 0.3) is 39.1 Å². The third-order valence-electron chi connectivity index (χ3n) is 11.3. The topological polar surface area (TPSA) is 47.6 Å². The van der Waals surface area contributed by atoms with Gasteiger partial charge in [0.2, 0.25) is 0 Å². The first-order valence-electron chi connectivity index (χ1n) is 19.1. The van der Waals surface area contributed by atoms with Crippen LogP contribution in [0.1, 0.15) is 45.0 Å². The molecule has 0 bridgehead atoms. The van der Waals surface area contributed by atoms with Crippen molar-refractivity contribution in [3.63, 3.8) is 0 Å². The summed E-state index contributed by atoms with van der Waals surface area (Å²) < 4.78 is 6.51. The van der Waals surface area contributed by atoms with Crippen molar-refractivity contribution in [1.82, 2.24) is 0 Å². The molecule has 0 fully saturated rings. The van der Waals surface area contributed by atoms with Gasteiger partial charge >= 0.3 is 0 Å². The molecule has 1 unspecified atom stereocenters. The number of fused-ring (bicyclic) bond motifs is 9. The minimum atomic E-state index is -0.475. The van der Waals surface area contributed by atoms with Crippen LogP contribution in [0, 0.1) is 0 Å². The highest BCUT2D eigenvalue weighted by molar-refractivity contribution is 5.91. The van der Waals surface area contributed by atoms with Gasteiger partial charge in [0.05, 0.1) is 17.2 Å². The summed E-state index contributed by atoms with van der Waals surface area (Å²) >= 11 is 0. The largest absolute Gasteiger partial charge is 0.457 e. The quantitative estimate of drug-likeness (QED) is 0.167. The summed E-state index contributed by atoms with van der Waals surface area (Å²) in [6.07, 6.45) is 3.96. The Kier molecular flexibility index (Phi) is 8.36. The van der Waals surface area contributed by atoms with E-state index in [2.05, 4.69) is 182 Å². The number of para-hydroxylation sites is 2. The third-order valence-corrected chi connectivity index (χ3v) is 11.3. The molecular weight excluding hydrogens is 681 g/mol. The molecule has 56 heavy (non-hydrogen) atoms. The van der Waals surface area contributed by atoms with E-state index in [0.29, 0.717) is 0 Å². The van der Waals surface area contributed by atoms with Crippen LogP contribution in [0.3, 0.4) is 0 Å². The van der Waals surface area contributed by atoms with Gasteiger partial charge in [0.15, 0.2) is 0 Å². The van der Waals surface area contributed by atoms with E-state index in [1.54, 1.807) is 0 Å². The van der Waals surface area contributed by atoms with Crippen molar-refractivity contribution in [2.45, 2.75) is 11.5 Å². The van der Waals surface area contributed by atoms with Crippen molar-refractivity contribution in [3.8, 4) is 44.9 Å². The van der Waals surface area contributed by atoms with E-state index in [0.717, 1.165) is 50.6 Å². The molecular formula is C53H38N2O. The van der Waals surface area contributed by atoms with Gasteiger partial charge in [-0.1, -0.05) is 182 Å². The van der Waals surface area contributed by atoms with Gasteiger partial charge in [-0.15, -0.1) is 0 Å². The predicted octanol–water partition coefficient (Wildman–Crippen LogP) is 12.6. The number of benzene rings is 8. The molecule has 0 aromatic heterocycles. The fourth-order valence-corrected chi connectivity index (χ4v) is 8.56. The van der Waals surface area contributed by atoms with E-state index in [4.69, 9.17) is 15.5 Å². The Morgan fingerprint density at radius 1 is 0.482 bits per heavy atom. The normalized spacial score (nSPS) is 14.1. The highest BCUT2D eigenvalue weighted by Gasteiger charge is 2.50. The molecule has 10 rings (SSSR count). The predicted molar refractivity (Wildman–Crippen MR) is 230 cm³/mol. The fourth-order valence-electron chi connectivity index (χ4n) is 8.56. The number of rotatable bonds is 7. The van der Waals surface area contributed by atoms with Crippen LogP contribution >= 0.6 is 0 Å². The SMILES string of the molecule is NC(/C=C(\N=Cc1ccccc1)c1ccc(-c2ccc3c(c2)-c2ccccc2C32c3ccccc3Oc3ccccc32)cc1)c1ccc(-c2ccccc2)cc1. The van der Waals surface area contributed by atoms with Crippen molar-refractivity contribution in [1.29, 1.82) is 0 Å². The van der Waals surface area contributed by atoms with Crippen LogP contribution in [-0.4, -0.2) is 6.21 Å². The van der Waals surface area contributed by atoms with Gasteiger partial charge in [0.25, 0.3) is 0 Å². The van der Waals surface area contributed by atoms with Gasteiger partial charge in [0.1, 0.15) is 11.5 Å². The number of hydrogen-bond acceptors (Lipinski definition) is 3. The van der Waals surface area contributed by atoms with Gasteiger partial charge in [-0.25, -0.2) is 0 Å². The Labute approximate surface area is 327 Å². The summed E-state index contributed by atoms with van der Waals surface area (Å²) in [6, 6.07) is 70.2. The molecule has 266 valence electrons. The lowest BCUT2D eigenvalue weighted by Gasteiger charge is -2.39. The lowest BCUT2D eigenvalue weighted by Crippen LogP contribution is -2.32. The standard InChI is InChI=1S/C53H38N2O/c54-49(40-27-23-38(24-28-40)37-15-5-2-6-16-37)34-50(55-35-36-13-3-1-4-14-36)41-29-25-39(26-30-41)42-31-32-46-44(33-42)43-17-7-8-18-45(43)53(46)47-19-9-11-21-51(47)56-52-22-12-10-20-48(52)53/h1-35,49H,54H2/b50-34-,55-35?. The van der Waals surface area contributed by atoms with E-state index in [9.17, 15) is 0 Å². The van der Waals surface area contributed by atoms with Crippen LogP contribution in [0.15, 0.2) is 211 Å². The van der Waals surface area contributed by atoms with E-state index < -0.39 is 5.41 Å². The highest BCUT2D eigenvalue weighted by atomic mass is 16.5. The van der Waals surface area contributed by atoms with Crippen LogP contribution in [0.5, 0.6) is 11.5 Å². The van der Waals surface area contributed by atoms with Gasteiger partial charge in [-0.05, 0) is 85.5 Å². The zero-order chi connectivity index (χ0) is 37.5. The maximum atomic E-state index is 6.86. The second-order valence-corrected chi connectivity index (χ2v) is 14.5. The first kappa shape index (κ1) is 33.5. The van der Waals surface area contributed by atoms with Crippen molar-refractivity contribution < 1.29 is 4.74 Å². The molecule has 0 radical (unpaired) electrons. The zero-order valence-corrected chi connectivity index (χ0v) is 30.7. The second kappa shape index (κ2) is 14.0. The molecule has 1 atom stereocenters. The summed E-state index contributed by atoms with van der Waals surface area (Å²) in [5, 5.41) is 0. The van der Waals surface area contributed by atoms with Crippen LogP contribution in [-0.2, 0) is 5.41 Å². The average Bonchev–Trinajstić information content (AvgIpc) is 3.56. The molecule has 2 aliphatic rings. The lowest BCUT2D eigenvalue weighted by molar-refractivity contribution is 0.436. The van der Waals surface area contributed by atoms with E-state index in [1.807, 2.05) is 30.5 Å². The molecule has 3 heteroatoms. The molecule has 1 heterocycles. The highest BCUT2D eigenvalue weighted by Crippen LogP contribution is 2.62. The minimum Gasteiger partial charge on any atom is -0.457 e. The molecule has 8 aromatic carbocycles. The summed E-state index contributed by atoms with van der Waals surface area (Å²) in [5.41, 5.74) is 22.3. The molecule has 1 spiro atoms. The van der Waals surface area contributed by atoms with Crippen LogP contribution < -0.4 is 10.5 Å². The number of hydrogen-bond donors (Lipinski definition) is 1. The second-order valence-electron chi connectivity index (χ2n) is 14.5. The summed E-state index contributed by atoms with van der Waals surface area (Å²) in [6.45, 7) is 0. The Morgan fingerprint density at radius 3 is 1.70 bits per heavy atom. The van der Waals surface area contributed by atoms with Crippen molar-refractivity contribution in [3.05, 3.63) is 245 Å². The smallest absolute Gasteiger partial charge is 0.132 e. The van der Waals surface area contributed by atoms with Crippen molar-refractivity contribution in [2.75, 3.05) is 0 Å². The average molecular weight is 719 g/mol. The molecule has 0 saturated heterocycles. The monoisotopic (exact) mass is 718 g/mol. The van der Waals surface area contributed by atoms with Crippen LogP contribution in [0.4, 0.5) is 0 Å². The van der Waals surface area contributed by atoms with Gasteiger partial charge < -0.3 is 10.5 Å². The summed E-state index contributed by atoms with van der Waals surface area (Å²) in [4.78, 5) is 5.00. The first-order chi connectivity index (χ1) is 27.7. The fraction of sp³-hybridized carbons (Fsp3) is 0.0377. The van der Waals surface area contributed by atoms with Crippen molar-refractivity contribution >= 4 is 11.9 Å². The number of nitrogens with two attached hydrogens (primary N) is 1.